The number of thiazole rings is 1. The van der Waals surface area contributed by atoms with E-state index in [0.717, 1.165) is 21.3 Å². The quantitative estimate of drug-likeness (QED) is 0.660. The molecule has 26 heavy (non-hydrogen) atoms. The van der Waals surface area contributed by atoms with Crippen molar-refractivity contribution in [2.24, 2.45) is 0 Å². The zero-order chi connectivity index (χ0) is 18.7. The van der Waals surface area contributed by atoms with Crippen LogP contribution in [0.1, 0.15) is 47.1 Å². The number of aromatic nitrogens is 3. The van der Waals surface area contributed by atoms with Crippen molar-refractivity contribution in [1.29, 1.82) is 0 Å². The highest BCUT2D eigenvalue weighted by Gasteiger charge is 2.18. The highest BCUT2D eigenvalue weighted by molar-refractivity contribution is 7.17. The van der Waals surface area contributed by atoms with Crippen molar-refractivity contribution in [2.45, 2.75) is 33.6 Å². The van der Waals surface area contributed by atoms with Crippen LogP contribution in [0.25, 0.3) is 10.6 Å². The molecule has 8 heteroatoms. The predicted octanol–water partition coefficient (Wildman–Crippen LogP) is 4.74. The first-order chi connectivity index (χ1) is 12.5. The summed E-state index contributed by atoms with van der Waals surface area (Å²) in [5, 5.41) is 13.2. The Kier molecular flexibility index (Phi) is 5.63. The summed E-state index contributed by atoms with van der Waals surface area (Å²) >= 11 is 2.76. The van der Waals surface area contributed by atoms with Gasteiger partial charge in [0.1, 0.15) is 20.6 Å². The fraction of sp³-hybridized carbons (Fsp3) is 0.333. The normalized spacial score (nSPS) is 11.0. The van der Waals surface area contributed by atoms with E-state index in [9.17, 15) is 4.79 Å². The molecule has 0 aliphatic rings. The smallest absolute Gasteiger partial charge is 0.269 e. The number of aryl methyl sites for hydroxylation is 1. The molecule has 0 saturated heterocycles. The summed E-state index contributed by atoms with van der Waals surface area (Å²) in [5.41, 5.74) is 1.66. The number of nitrogens with one attached hydrogen (secondary N) is 1. The number of hydrogen-bond acceptors (Lipinski definition) is 7. The first-order valence-electron chi connectivity index (χ1n) is 8.33. The first-order valence-corrected chi connectivity index (χ1v) is 9.96. The zero-order valence-corrected chi connectivity index (χ0v) is 16.7. The van der Waals surface area contributed by atoms with Gasteiger partial charge in [-0.05, 0) is 38.1 Å². The second kappa shape index (κ2) is 7.92. The number of carbonyl (C=O) groups excluding carboxylic acids is 1. The van der Waals surface area contributed by atoms with Gasteiger partial charge in [-0.2, -0.15) is 0 Å². The maximum Gasteiger partial charge on any atom is 0.269 e. The molecule has 2 heterocycles. The summed E-state index contributed by atoms with van der Waals surface area (Å²) < 4.78 is 5.46. The Balaban J connectivity index is 1.77. The number of hydrogen-bond donors (Lipinski definition) is 1. The molecule has 0 spiro atoms. The minimum absolute atomic E-state index is 0.205. The largest absolute Gasteiger partial charge is 0.494 e. The lowest BCUT2D eigenvalue weighted by atomic mass is 10.2. The number of benzene rings is 1. The Bertz CT molecular complexity index is 900. The number of rotatable bonds is 6. The minimum Gasteiger partial charge on any atom is -0.494 e. The maximum absolute atomic E-state index is 12.6. The Morgan fingerprint density at radius 3 is 2.54 bits per heavy atom. The first kappa shape index (κ1) is 18.5. The summed E-state index contributed by atoms with van der Waals surface area (Å²) in [6.45, 7) is 8.50. The molecule has 0 atom stereocenters. The molecule has 3 rings (SSSR count). The van der Waals surface area contributed by atoms with Crippen LogP contribution in [0.5, 0.6) is 5.75 Å². The third-order valence-electron chi connectivity index (χ3n) is 3.57. The third kappa shape index (κ3) is 4.08. The number of nitrogens with zero attached hydrogens (tertiary/aromatic N) is 3. The molecule has 6 nitrogen and oxygen atoms in total. The van der Waals surface area contributed by atoms with E-state index >= 15 is 0 Å². The van der Waals surface area contributed by atoms with Gasteiger partial charge in [0.05, 0.1) is 12.3 Å². The maximum atomic E-state index is 12.6. The van der Waals surface area contributed by atoms with E-state index in [1.807, 2.05) is 52.0 Å². The van der Waals surface area contributed by atoms with E-state index in [-0.39, 0.29) is 11.8 Å². The lowest BCUT2D eigenvalue weighted by Gasteiger charge is -2.02. The Hall–Kier alpha value is -2.32. The lowest BCUT2D eigenvalue weighted by Crippen LogP contribution is -2.11. The van der Waals surface area contributed by atoms with Gasteiger partial charge in [-0.15, -0.1) is 21.5 Å². The summed E-state index contributed by atoms with van der Waals surface area (Å²) in [6.07, 6.45) is 0. The molecule has 0 radical (unpaired) electrons. The second-order valence-electron chi connectivity index (χ2n) is 5.95. The monoisotopic (exact) mass is 388 g/mol. The standard InChI is InChI=1S/C18H20N4O2S2/c1-5-24-13-8-6-12(7-9-13)17-19-11(4)14(25-17)15(23)20-18-22-21-16(26-18)10(2)3/h6-10H,5H2,1-4H3,(H,20,22,23). The second-order valence-corrected chi connectivity index (χ2v) is 7.95. The molecule has 1 aromatic carbocycles. The van der Waals surface area contributed by atoms with E-state index in [1.165, 1.54) is 22.7 Å². The summed E-state index contributed by atoms with van der Waals surface area (Å²) in [4.78, 5) is 17.7. The third-order valence-corrected chi connectivity index (χ3v) is 5.91. The van der Waals surface area contributed by atoms with Crippen molar-refractivity contribution in [3.63, 3.8) is 0 Å². The van der Waals surface area contributed by atoms with Crippen molar-refractivity contribution in [2.75, 3.05) is 11.9 Å². The highest BCUT2D eigenvalue weighted by atomic mass is 32.1. The van der Waals surface area contributed by atoms with Crippen LogP contribution in [0.4, 0.5) is 5.13 Å². The number of carbonyl (C=O) groups is 1. The van der Waals surface area contributed by atoms with Gasteiger partial charge in [0, 0.05) is 11.5 Å². The summed E-state index contributed by atoms with van der Waals surface area (Å²) in [5.74, 6) is 0.901. The van der Waals surface area contributed by atoms with E-state index < -0.39 is 0 Å². The molecule has 2 aromatic heterocycles. The van der Waals surface area contributed by atoms with E-state index in [2.05, 4.69) is 20.5 Å². The number of anilines is 1. The molecule has 1 amide bonds. The molecule has 136 valence electrons. The molecule has 3 aromatic rings. The topological polar surface area (TPSA) is 77.0 Å². The van der Waals surface area contributed by atoms with Crippen LogP contribution >= 0.6 is 22.7 Å². The van der Waals surface area contributed by atoms with Crippen molar-refractivity contribution < 1.29 is 9.53 Å². The van der Waals surface area contributed by atoms with Gasteiger partial charge in [-0.1, -0.05) is 25.2 Å². The molecule has 0 unspecified atom stereocenters. The van der Waals surface area contributed by atoms with E-state index in [4.69, 9.17) is 4.74 Å². The van der Waals surface area contributed by atoms with Crippen molar-refractivity contribution >= 4 is 33.7 Å². The molecule has 0 bridgehead atoms. The van der Waals surface area contributed by atoms with Crippen LogP contribution in [0, 0.1) is 6.92 Å². The van der Waals surface area contributed by atoms with Crippen LogP contribution < -0.4 is 10.1 Å². The molecule has 0 saturated carbocycles. The fourth-order valence-corrected chi connectivity index (χ4v) is 3.97. The van der Waals surface area contributed by atoms with E-state index in [1.54, 1.807) is 0 Å². The Morgan fingerprint density at radius 1 is 1.19 bits per heavy atom. The van der Waals surface area contributed by atoms with Crippen LogP contribution in [-0.2, 0) is 0 Å². The Labute approximate surface area is 160 Å². The van der Waals surface area contributed by atoms with Gasteiger partial charge in [-0.3, -0.25) is 10.1 Å². The van der Waals surface area contributed by atoms with Crippen LogP contribution in [0.3, 0.4) is 0 Å². The average molecular weight is 389 g/mol. The number of ether oxygens (including phenoxy) is 1. The molecule has 0 aliphatic heterocycles. The molecule has 0 aliphatic carbocycles. The van der Waals surface area contributed by atoms with Gasteiger partial charge in [0.15, 0.2) is 0 Å². The zero-order valence-electron chi connectivity index (χ0n) is 15.1. The summed E-state index contributed by atoms with van der Waals surface area (Å²) in [6, 6.07) is 7.71. The van der Waals surface area contributed by atoms with Crippen LogP contribution in [0.15, 0.2) is 24.3 Å². The lowest BCUT2D eigenvalue weighted by molar-refractivity contribution is 0.102. The van der Waals surface area contributed by atoms with Gasteiger partial charge in [0.25, 0.3) is 5.91 Å². The van der Waals surface area contributed by atoms with Crippen molar-refractivity contribution in [3.05, 3.63) is 39.8 Å². The van der Waals surface area contributed by atoms with E-state index in [0.29, 0.717) is 22.3 Å². The minimum atomic E-state index is -0.205. The van der Waals surface area contributed by atoms with Crippen LogP contribution in [0.2, 0.25) is 0 Å². The fourth-order valence-electron chi connectivity index (χ4n) is 2.26. The molecular formula is C18H20N4O2S2. The van der Waals surface area contributed by atoms with Gasteiger partial charge in [0.2, 0.25) is 5.13 Å². The SMILES string of the molecule is CCOc1ccc(-c2nc(C)c(C(=O)Nc3nnc(C(C)C)s3)s2)cc1. The molecular weight excluding hydrogens is 368 g/mol. The highest BCUT2D eigenvalue weighted by Crippen LogP contribution is 2.30. The van der Waals surface area contributed by atoms with Crippen LogP contribution in [-0.4, -0.2) is 27.7 Å². The molecule has 0 fully saturated rings. The Morgan fingerprint density at radius 2 is 1.92 bits per heavy atom. The van der Waals surface area contributed by atoms with Crippen molar-refractivity contribution in [3.8, 4) is 16.3 Å². The van der Waals surface area contributed by atoms with Gasteiger partial charge >= 0.3 is 0 Å². The average Bonchev–Trinajstić information content (AvgIpc) is 3.23. The van der Waals surface area contributed by atoms with Gasteiger partial charge in [-0.25, -0.2) is 4.98 Å². The molecule has 1 N–H and O–H groups in total. The van der Waals surface area contributed by atoms with Crippen molar-refractivity contribution in [1.82, 2.24) is 15.2 Å². The number of amides is 1. The van der Waals surface area contributed by atoms with Gasteiger partial charge < -0.3 is 4.74 Å². The summed E-state index contributed by atoms with van der Waals surface area (Å²) in [7, 11) is 0. The predicted molar refractivity (Wildman–Crippen MR) is 105 cm³/mol.